The summed E-state index contributed by atoms with van der Waals surface area (Å²) in [7, 11) is 1.49. The number of carbonyl (C=O) groups is 2. The van der Waals surface area contributed by atoms with Gasteiger partial charge >= 0.3 is 6.09 Å². The van der Waals surface area contributed by atoms with Crippen LogP contribution < -0.4 is 15.5 Å². The van der Waals surface area contributed by atoms with E-state index in [0.717, 1.165) is 43.1 Å². The lowest BCUT2D eigenvalue weighted by Gasteiger charge is -2.35. The van der Waals surface area contributed by atoms with Gasteiger partial charge in [0.1, 0.15) is 5.82 Å². The van der Waals surface area contributed by atoms with E-state index in [1.54, 1.807) is 6.07 Å². The highest BCUT2D eigenvalue weighted by Crippen LogP contribution is 2.22. The molecule has 31 heavy (non-hydrogen) atoms. The summed E-state index contributed by atoms with van der Waals surface area (Å²) in [5, 5.41) is 14.1. The molecule has 162 valence electrons. The fourth-order valence-corrected chi connectivity index (χ4v) is 3.28. The van der Waals surface area contributed by atoms with Gasteiger partial charge in [-0.25, -0.2) is 9.78 Å². The van der Waals surface area contributed by atoms with E-state index in [1.807, 2.05) is 36.5 Å². The summed E-state index contributed by atoms with van der Waals surface area (Å²) in [4.78, 5) is 31.7. The first-order chi connectivity index (χ1) is 15.1. The zero-order chi connectivity index (χ0) is 22.1. The van der Waals surface area contributed by atoms with Crippen molar-refractivity contribution < 1.29 is 14.3 Å². The fraction of sp³-hybridized carbons (Fsp3) is 0.364. The van der Waals surface area contributed by atoms with Crippen LogP contribution in [-0.4, -0.2) is 74.8 Å². The molecule has 1 fully saturated rings. The van der Waals surface area contributed by atoms with E-state index in [0.29, 0.717) is 18.7 Å². The Hall–Kier alpha value is -3.64. The van der Waals surface area contributed by atoms with Crippen LogP contribution >= 0.6 is 0 Å². The van der Waals surface area contributed by atoms with Crippen LogP contribution in [0.2, 0.25) is 0 Å². The van der Waals surface area contributed by atoms with Crippen LogP contribution in [-0.2, 0) is 9.53 Å². The summed E-state index contributed by atoms with van der Waals surface area (Å²) in [6, 6.07) is 13.7. The van der Waals surface area contributed by atoms with Gasteiger partial charge in [0.25, 0.3) is 5.91 Å². The molecule has 9 heteroatoms. The molecule has 0 unspecified atom stereocenters. The third-order valence-electron chi connectivity index (χ3n) is 5.08. The Bertz CT molecular complexity index is 933. The van der Waals surface area contributed by atoms with Crippen LogP contribution in [0.25, 0.3) is 11.1 Å². The van der Waals surface area contributed by atoms with Gasteiger partial charge in [0.05, 0.1) is 11.6 Å². The Morgan fingerprint density at radius 2 is 1.97 bits per heavy atom. The number of benzene rings is 1. The van der Waals surface area contributed by atoms with Crippen molar-refractivity contribution in [1.29, 1.82) is 5.26 Å². The molecule has 1 aromatic carbocycles. The van der Waals surface area contributed by atoms with Crippen molar-refractivity contribution in [2.75, 3.05) is 57.8 Å². The quantitative estimate of drug-likeness (QED) is 0.690. The van der Waals surface area contributed by atoms with Crippen molar-refractivity contribution in [2.24, 2.45) is 0 Å². The van der Waals surface area contributed by atoms with Gasteiger partial charge in [0, 0.05) is 58.1 Å². The topological polar surface area (TPSA) is 111 Å². The van der Waals surface area contributed by atoms with Gasteiger partial charge in [-0.3, -0.25) is 9.69 Å². The lowest BCUT2D eigenvalue weighted by atomic mass is 10.1. The molecule has 1 aliphatic rings. The summed E-state index contributed by atoms with van der Waals surface area (Å²) in [6.07, 6.45) is 1.25. The van der Waals surface area contributed by atoms with Gasteiger partial charge < -0.3 is 20.3 Å². The molecule has 3 rings (SSSR count). The van der Waals surface area contributed by atoms with Crippen molar-refractivity contribution in [3.8, 4) is 17.2 Å². The number of nitrogens with zero attached hydrogens (tertiary/aromatic N) is 4. The molecule has 2 aromatic rings. The Labute approximate surface area is 181 Å². The van der Waals surface area contributed by atoms with Gasteiger partial charge in [0.15, 0.2) is 6.61 Å². The third kappa shape index (κ3) is 6.42. The molecule has 1 aromatic heterocycles. The third-order valence-corrected chi connectivity index (χ3v) is 5.08. The number of hydrogen-bond donors (Lipinski definition) is 2. The molecule has 1 aliphatic heterocycles. The minimum Gasteiger partial charge on any atom is -0.439 e. The highest BCUT2D eigenvalue weighted by molar-refractivity contribution is 5.79. The number of piperazine rings is 1. The van der Waals surface area contributed by atoms with Gasteiger partial charge in [-0.05, 0) is 29.8 Å². The minimum atomic E-state index is -0.591. The van der Waals surface area contributed by atoms with Crippen LogP contribution in [0.3, 0.4) is 0 Å². The summed E-state index contributed by atoms with van der Waals surface area (Å²) in [6.45, 7) is 4.31. The number of likely N-dealkylation sites (N-methyl/N-ethyl adjacent to an activating group) is 1. The maximum atomic E-state index is 11.5. The Balaban J connectivity index is 1.42. The molecule has 0 bridgehead atoms. The van der Waals surface area contributed by atoms with Gasteiger partial charge in [-0.2, -0.15) is 5.26 Å². The monoisotopic (exact) mass is 422 g/mol. The highest BCUT2D eigenvalue weighted by atomic mass is 16.6. The van der Waals surface area contributed by atoms with Crippen molar-refractivity contribution in [3.05, 3.63) is 48.2 Å². The fourth-order valence-electron chi connectivity index (χ4n) is 3.28. The number of nitrogens with one attached hydrogen (secondary N) is 2. The number of ether oxygens (including phenoxy) is 1. The average Bonchev–Trinajstić information content (AvgIpc) is 2.83. The van der Waals surface area contributed by atoms with Crippen LogP contribution in [0.5, 0.6) is 0 Å². The predicted molar refractivity (Wildman–Crippen MR) is 116 cm³/mol. The first-order valence-corrected chi connectivity index (χ1v) is 10.1. The number of nitriles is 1. The lowest BCUT2D eigenvalue weighted by Crippen LogP contribution is -2.48. The SMILES string of the molecule is CNC(=O)COC(=O)NCCN1CCN(c2ccc(-c3cccc(C#N)c3)cn2)CC1. The van der Waals surface area contributed by atoms with Crippen LogP contribution in [0.1, 0.15) is 5.56 Å². The normalized spacial score (nSPS) is 13.9. The molecule has 2 heterocycles. The number of rotatable bonds is 7. The second-order valence-corrected chi connectivity index (χ2v) is 7.10. The molecule has 2 amide bonds. The summed E-state index contributed by atoms with van der Waals surface area (Å²) >= 11 is 0. The molecule has 1 saturated heterocycles. The maximum Gasteiger partial charge on any atom is 0.407 e. The van der Waals surface area contributed by atoms with Crippen molar-refractivity contribution >= 4 is 17.8 Å². The first kappa shape index (κ1) is 22.1. The molecule has 0 atom stereocenters. The second-order valence-electron chi connectivity index (χ2n) is 7.10. The van der Waals surface area contributed by atoms with E-state index < -0.39 is 6.09 Å². The Kier molecular flexibility index (Phi) is 7.79. The van der Waals surface area contributed by atoms with Crippen LogP contribution in [0, 0.1) is 11.3 Å². The molecule has 2 N–H and O–H groups in total. The number of anilines is 1. The molecule has 0 aliphatic carbocycles. The second kappa shape index (κ2) is 10.9. The number of hydrogen-bond acceptors (Lipinski definition) is 7. The van der Waals surface area contributed by atoms with Crippen LogP contribution in [0.15, 0.2) is 42.6 Å². The van der Waals surface area contributed by atoms with E-state index in [9.17, 15) is 9.59 Å². The van der Waals surface area contributed by atoms with Gasteiger partial charge in [-0.1, -0.05) is 12.1 Å². The molecular formula is C22H26N6O3. The number of pyridine rings is 1. The summed E-state index contributed by atoms with van der Waals surface area (Å²) < 4.78 is 4.80. The molecule has 0 saturated carbocycles. The summed E-state index contributed by atoms with van der Waals surface area (Å²) in [5.74, 6) is 0.583. The standard InChI is InChI=1S/C22H26N6O3/c1-24-21(29)16-31-22(30)25-7-8-27-9-11-28(12-10-27)20-6-5-19(15-26-20)18-4-2-3-17(13-18)14-23/h2-6,13,15H,7-12,16H2,1H3,(H,24,29)(H,25,30). The number of alkyl carbamates (subject to hydrolysis) is 1. The zero-order valence-corrected chi connectivity index (χ0v) is 17.5. The molecule has 0 spiro atoms. The van der Waals surface area contributed by atoms with Crippen molar-refractivity contribution in [1.82, 2.24) is 20.5 Å². The minimum absolute atomic E-state index is 0.281. The number of amides is 2. The summed E-state index contributed by atoms with van der Waals surface area (Å²) in [5.41, 5.74) is 2.59. The van der Waals surface area contributed by atoms with E-state index in [4.69, 9.17) is 10.00 Å². The van der Waals surface area contributed by atoms with E-state index in [2.05, 4.69) is 31.5 Å². The average molecular weight is 422 g/mol. The maximum absolute atomic E-state index is 11.5. The molecule has 9 nitrogen and oxygen atoms in total. The Morgan fingerprint density at radius 1 is 1.16 bits per heavy atom. The zero-order valence-electron chi connectivity index (χ0n) is 17.5. The number of carbonyl (C=O) groups excluding carboxylic acids is 2. The first-order valence-electron chi connectivity index (χ1n) is 10.1. The van der Waals surface area contributed by atoms with E-state index >= 15 is 0 Å². The highest BCUT2D eigenvalue weighted by Gasteiger charge is 2.18. The smallest absolute Gasteiger partial charge is 0.407 e. The van der Waals surface area contributed by atoms with E-state index in [1.165, 1.54) is 7.05 Å². The number of aromatic nitrogens is 1. The van der Waals surface area contributed by atoms with Crippen molar-refractivity contribution in [3.63, 3.8) is 0 Å². The van der Waals surface area contributed by atoms with Gasteiger partial charge in [-0.15, -0.1) is 0 Å². The largest absolute Gasteiger partial charge is 0.439 e. The molecule has 0 radical (unpaired) electrons. The lowest BCUT2D eigenvalue weighted by molar-refractivity contribution is -0.123. The van der Waals surface area contributed by atoms with E-state index in [-0.39, 0.29) is 12.5 Å². The van der Waals surface area contributed by atoms with Gasteiger partial charge in [0.2, 0.25) is 0 Å². The Morgan fingerprint density at radius 3 is 2.65 bits per heavy atom. The van der Waals surface area contributed by atoms with Crippen LogP contribution in [0.4, 0.5) is 10.6 Å². The predicted octanol–water partition coefficient (Wildman–Crippen LogP) is 1.21. The van der Waals surface area contributed by atoms with Crippen molar-refractivity contribution in [2.45, 2.75) is 0 Å². The molecular weight excluding hydrogens is 396 g/mol.